The Balaban J connectivity index is 3.17. The third-order valence-electron chi connectivity index (χ3n) is 1.45. The van der Waals surface area contributed by atoms with E-state index in [2.05, 4.69) is 12.6 Å². The highest BCUT2D eigenvalue weighted by Crippen LogP contribution is 2.24. The van der Waals surface area contributed by atoms with Gasteiger partial charge in [-0.15, -0.1) is 12.6 Å². The average Bonchev–Trinajstić information content (AvgIpc) is 2.31. The molecule has 0 aromatic carbocycles. The molecular weight excluding hydrogens is 184 g/mol. The first-order chi connectivity index (χ1) is 5.52. The highest BCUT2D eigenvalue weighted by atomic mass is 32.1. The molecule has 0 aliphatic heterocycles. The monoisotopic (exact) mass is 191 g/mol. The molecule has 1 aromatic rings. The Bertz CT molecular complexity index is 308. The van der Waals surface area contributed by atoms with Crippen molar-refractivity contribution in [2.24, 2.45) is 7.05 Å². The van der Waals surface area contributed by atoms with Crippen LogP contribution in [0, 0.1) is 0 Å². The van der Waals surface area contributed by atoms with Crippen molar-refractivity contribution in [3.8, 4) is 0 Å². The lowest BCUT2D eigenvalue weighted by molar-refractivity contribution is 0.107. The van der Waals surface area contributed by atoms with E-state index < -0.39 is 11.5 Å². The highest BCUT2D eigenvalue weighted by molar-refractivity contribution is 7.97. The van der Waals surface area contributed by atoms with Crippen LogP contribution in [0.3, 0.4) is 0 Å². The fraction of sp³-hybridized carbons (Fsp3) is 0.286. The number of carbonyl (C=O) groups is 1. The molecule has 0 atom stereocenters. The zero-order valence-corrected chi connectivity index (χ0v) is 7.19. The van der Waals surface area contributed by atoms with Gasteiger partial charge in [-0.2, -0.15) is 0 Å². The lowest BCUT2D eigenvalue weighted by atomic mass is 10.2. The fourth-order valence-electron chi connectivity index (χ4n) is 0.957. The number of aryl methyl sites for hydroxylation is 1. The summed E-state index contributed by atoms with van der Waals surface area (Å²) in [6.07, 6.45) is -0.0809. The van der Waals surface area contributed by atoms with Crippen LogP contribution in [-0.2, 0) is 7.05 Å². The van der Waals surface area contributed by atoms with Crippen LogP contribution in [0.5, 0.6) is 0 Å². The van der Waals surface area contributed by atoms with Crippen LogP contribution in [-0.4, -0.2) is 9.68 Å². The van der Waals surface area contributed by atoms with E-state index in [1.807, 2.05) is 0 Å². The Morgan fingerprint density at radius 3 is 2.50 bits per heavy atom. The minimum absolute atomic E-state index is 0.0316. The second-order valence-corrected chi connectivity index (χ2v) is 2.80. The molecule has 0 saturated heterocycles. The fourth-order valence-corrected chi connectivity index (χ4v) is 1.14. The lowest BCUT2D eigenvalue weighted by Gasteiger charge is -1.95. The van der Waals surface area contributed by atoms with E-state index in [-0.39, 0.29) is 11.1 Å². The van der Waals surface area contributed by atoms with Crippen molar-refractivity contribution in [3.05, 3.63) is 23.5 Å². The van der Waals surface area contributed by atoms with E-state index >= 15 is 0 Å². The van der Waals surface area contributed by atoms with Gasteiger partial charge in [-0.05, 0) is 0 Å². The zero-order valence-electron chi connectivity index (χ0n) is 6.29. The molecule has 2 nitrogen and oxygen atoms in total. The van der Waals surface area contributed by atoms with Crippen LogP contribution < -0.4 is 0 Å². The summed E-state index contributed by atoms with van der Waals surface area (Å²) in [4.78, 5) is 10.7. The van der Waals surface area contributed by atoms with Gasteiger partial charge in [-0.1, -0.05) is 0 Å². The number of thiol groups is 1. The van der Waals surface area contributed by atoms with Crippen molar-refractivity contribution < 1.29 is 13.6 Å². The molecule has 0 aliphatic carbocycles. The van der Waals surface area contributed by atoms with E-state index in [0.29, 0.717) is 0 Å². The Kier molecular flexibility index (Phi) is 2.52. The summed E-state index contributed by atoms with van der Waals surface area (Å²) in [5.41, 5.74) is -0.298. The molecule has 0 aliphatic rings. The van der Waals surface area contributed by atoms with Gasteiger partial charge in [0.05, 0.1) is 5.56 Å². The van der Waals surface area contributed by atoms with E-state index in [9.17, 15) is 13.6 Å². The summed E-state index contributed by atoms with van der Waals surface area (Å²) in [7, 11) is 1.58. The zero-order chi connectivity index (χ0) is 9.30. The Morgan fingerprint density at radius 2 is 2.17 bits per heavy atom. The molecule has 0 bridgehead atoms. The lowest BCUT2D eigenvalue weighted by Crippen LogP contribution is -1.92. The van der Waals surface area contributed by atoms with Crippen LogP contribution in [0.15, 0.2) is 12.4 Å². The number of nitrogens with zero attached hydrogens (tertiary/aromatic N) is 1. The molecule has 1 heterocycles. The Morgan fingerprint density at radius 1 is 1.58 bits per heavy atom. The first-order valence-electron chi connectivity index (χ1n) is 3.19. The van der Waals surface area contributed by atoms with Gasteiger partial charge >= 0.3 is 0 Å². The molecule has 0 fully saturated rings. The van der Waals surface area contributed by atoms with Gasteiger partial charge < -0.3 is 4.57 Å². The molecule has 0 N–H and O–H groups in total. The first kappa shape index (κ1) is 9.25. The molecule has 5 heteroatoms. The number of hydrogen-bond acceptors (Lipinski definition) is 1. The number of alkyl halides is 2. The maximum atomic E-state index is 12.2. The molecular formula is C7H7F2NOS. The maximum Gasteiger partial charge on any atom is 0.266 e. The average molecular weight is 191 g/mol. The van der Waals surface area contributed by atoms with Gasteiger partial charge in [0, 0.05) is 25.0 Å². The molecule has 66 valence electrons. The number of rotatable bonds is 2. The third-order valence-corrected chi connectivity index (χ3v) is 1.69. The minimum Gasteiger partial charge on any atom is -0.356 e. The summed E-state index contributed by atoms with van der Waals surface area (Å²) in [5, 5.41) is -0.633. The number of carbonyl (C=O) groups excluding carboxylic acids is 1. The van der Waals surface area contributed by atoms with Gasteiger partial charge in [-0.25, -0.2) is 8.78 Å². The third kappa shape index (κ3) is 1.66. The smallest absolute Gasteiger partial charge is 0.266 e. The topological polar surface area (TPSA) is 22.0 Å². The van der Waals surface area contributed by atoms with E-state index in [4.69, 9.17) is 0 Å². The van der Waals surface area contributed by atoms with E-state index in [0.717, 1.165) is 0 Å². The molecule has 1 rings (SSSR count). The second-order valence-electron chi connectivity index (χ2n) is 2.40. The Labute approximate surface area is 73.6 Å². The van der Waals surface area contributed by atoms with Gasteiger partial charge in [0.1, 0.15) is 0 Å². The maximum absolute atomic E-state index is 12.2. The standard InChI is InChI=1S/C7H7F2NOS/c1-10-2-4(6(8)9)5(3-10)7(11)12/h2-3,6H,1H3,(H,11,12). The quantitative estimate of drug-likeness (QED) is 0.710. The van der Waals surface area contributed by atoms with Crippen molar-refractivity contribution in [3.63, 3.8) is 0 Å². The summed E-state index contributed by atoms with van der Waals surface area (Å²) in [6.45, 7) is 0. The molecule has 1 aromatic heterocycles. The Hall–Kier alpha value is -0.840. The highest BCUT2D eigenvalue weighted by Gasteiger charge is 2.17. The first-order valence-corrected chi connectivity index (χ1v) is 3.64. The minimum atomic E-state index is -2.63. The van der Waals surface area contributed by atoms with Crippen molar-refractivity contribution in [1.29, 1.82) is 0 Å². The van der Waals surface area contributed by atoms with Crippen molar-refractivity contribution in [2.45, 2.75) is 6.43 Å². The SMILES string of the molecule is Cn1cc(C(=O)S)c(C(F)F)c1. The summed E-state index contributed by atoms with van der Waals surface area (Å²) < 4.78 is 25.8. The summed E-state index contributed by atoms with van der Waals surface area (Å²) in [6, 6.07) is 0. The normalized spacial score (nSPS) is 10.8. The summed E-state index contributed by atoms with van der Waals surface area (Å²) in [5.74, 6) is 0. The second kappa shape index (κ2) is 3.26. The number of hydrogen-bond donors (Lipinski definition) is 1. The largest absolute Gasteiger partial charge is 0.356 e. The van der Waals surface area contributed by atoms with E-state index in [1.165, 1.54) is 17.0 Å². The predicted octanol–water partition coefficient (Wildman–Crippen LogP) is 2.03. The van der Waals surface area contributed by atoms with Crippen molar-refractivity contribution in [2.75, 3.05) is 0 Å². The van der Waals surface area contributed by atoms with Crippen LogP contribution in [0.25, 0.3) is 0 Å². The van der Waals surface area contributed by atoms with Gasteiger partial charge in [0.25, 0.3) is 6.43 Å². The van der Waals surface area contributed by atoms with Crippen LogP contribution in [0.4, 0.5) is 8.78 Å². The molecule has 0 unspecified atom stereocenters. The predicted molar refractivity (Wildman–Crippen MR) is 43.7 cm³/mol. The molecule has 0 saturated carbocycles. The van der Waals surface area contributed by atoms with Crippen LogP contribution in [0.2, 0.25) is 0 Å². The number of aromatic nitrogens is 1. The van der Waals surface area contributed by atoms with Crippen LogP contribution in [0.1, 0.15) is 22.3 Å². The van der Waals surface area contributed by atoms with Crippen molar-refractivity contribution in [1.82, 2.24) is 4.57 Å². The molecule has 12 heavy (non-hydrogen) atoms. The van der Waals surface area contributed by atoms with Gasteiger partial charge in [0.2, 0.25) is 5.12 Å². The van der Waals surface area contributed by atoms with Crippen LogP contribution >= 0.6 is 12.6 Å². The van der Waals surface area contributed by atoms with Gasteiger partial charge in [-0.3, -0.25) is 4.79 Å². The molecule has 0 spiro atoms. The van der Waals surface area contributed by atoms with Crippen molar-refractivity contribution >= 4 is 17.7 Å². The number of halogens is 2. The molecule has 0 amide bonds. The molecule has 0 radical (unpaired) electrons. The van der Waals surface area contributed by atoms with Gasteiger partial charge in [0.15, 0.2) is 0 Å². The van der Waals surface area contributed by atoms with E-state index in [1.54, 1.807) is 7.05 Å². The summed E-state index contributed by atoms with van der Waals surface area (Å²) >= 11 is 3.48.